The fourth-order valence-corrected chi connectivity index (χ4v) is 2.56. The van der Waals surface area contributed by atoms with Gasteiger partial charge in [-0.05, 0) is 12.5 Å². The van der Waals surface area contributed by atoms with E-state index >= 15 is 0 Å². The summed E-state index contributed by atoms with van der Waals surface area (Å²) in [7, 11) is -4.21. The van der Waals surface area contributed by atoms with Crippen LogP contribution in [0.2, 0.25) is 0 Å². The maximum atomic E-state index is 12.3. The van der Waals surface area contributed by atoms with Gasteiger partial charge in [-0.25, -0.2) is 0 Å². The molecule has 20 heavy (non-hydrogen) atoms. The van der Waals surface area contributed by atoms with Gasteiger partial charge in [-0.2, -0.15) is 21.6 Å². The Morgan fingerprint density at radius 1 is 1.45 bits per heavy atom. The molecule has 1 aliphatic carbocycles. The van der Waals surface area contributed by atoms with Crippen LogP contribution >= 0.6 is 0 Å². The summed E-state index contributed by atoms with van der Waals surface area (Å²) in [5.41, 5.74) is -5.45. The van der Waals surface area contributed by atoms with Crippen molar-refractivity contribution in [1.82, 2.24) is 0 Å². The second-order valence-electron chi connectivity index (χ2n) is 4.34. The highest BCUT2D eigenvalue weighted by Gasteiger charge is 2.52. The predicted molar refractivity (Wildman–Crippen MR) is 58.7 cm³/mol. The van der Waals surface area contributed by atoms with Crippen LogP contribution in [0.25, 0.3) is 0 Å². The molecule has 3 atom stereocenters. The normalized spacial score (nSPS) is 30.2. The van der Waals surface area contributed by atoms with E-state index < -0.39 is 33.8 Å². The number of fused-ring (bicyclic) bond motifs is 1. The lowest BCUT2D eigenvalue weighted by atomic mass is 9.85. The van der Waals surface area contributed by atoms with Gasteiger partial charge >= 0.3 is 15.6 Å². The van der Waals surface area contributed by atoms with E-state index in [1.165, 1.54) is 13.2 Å². The zero-order valence-corrected chi connectivity index (χ0v) is 11.2. The monoisotopic (exact) mass is 318 g/mol. The third kappa shape index (κ3) is 2.92. The summed E-state index contributed by atoms with van der Waals surface area (Å²) in [5.74, 6) is -0.793. The molecule has 0 bridgehead atoms. The second kappa shape index (κ2) is 5.51. The molecule has 0 aromatic rings. The molecule has 1 aliphatic heterocycles. The molecule has 1 fully saturated rings. The van der Waals surface area contributed by atoms with Gasteiger partial charge in [-0.15, -0.1) is 0 Å². The Labute approximate surface area is 113 Å². The first-order chi connectivity index (χ1) is 9.26. The van der Waals surface area contributed by atoms with Gasteiger partial charge in [0.05, 0.1) is 24.7 Å². The third-order valence-corrected chi connectivity index (χ3v) is 4.02. The molecule has 0 amide bonds. The lowest BCUT2D eigenvalue weighted by molar-refractivity contribution is -0.203. The van der Waals surface area contributed by atoms with Crippen molar-refractivity contribution in [3.8, 4) is 0 Å². The zero-order chi connectivity index (χ0) is 15.0. The van der Waals surface area contributed by atoms with E-state index in [2.05, 4.69) is 4.18 Å². The maximum absolute atomic E-state index is 12.3. The van der Waals surface area contributed by atoms with Crippen molar-refractivity contribution in [1.29, 1.82) is 0 Å². The first kappa shape index (κ1) is 15.5. The van der Waals surface area contributed by atoms with Crippen molar-refractivity contribution in [3.05, 3.63) is 11.8 Å². The summed E-state index contributed by atoms with van der Waals surface area (Å²) in [6, 6.07) is 0. The van der Waals surface area contributed by atoms with Crippen molar-refractivity contribution >= 4 is 10.1 Å². The first-order valence-corrected chi connectivity index (χ1v) is 7.10. The van der Waals surface area contributed by atoms with Crippen LogP contribution in [0.15, 0.2) is 11.8 Å². The minimum Gasteiger partial charge on any atom is -0.380 e. The molecule has 0 N–H and O–H groups in total. The van der Waals surface area contributed by atoms with E-state index in [0.29, 0.717) is 0 Å². The molecular weight excluding hydrogens is 305 g/mol. The van der Waals surface area contributed by atoms with Crippen molar-refractivity contribution in [2.75, 3.05) is 20.5 Å². The van der Waals surface area contributed by atoms with Crippen LogP contribution in [0.1, 0.15) is 6.42 Å². The van der Waals surface area contributed by atoms with Gasteiger partial charge < -0.3 is 18.4 Å². The Morgan fingerprint density at radius 3 is 2.65 bits per heavy atom. The van der Waals surface area contributed by atoms with E-state index in [1.807, 2.05) is 0 Å². The highest BCUT2D eigenvalue weighted by Crippen LogP contribution is 2.39. The summed E-state index contributed by atoms with van der Waals surface area (Å²) in [5, 5.41) is 0. The van der Waals surface area contributed by atoms with E-state index in [9.17, 15) is 21.6 Å². The Morgan fingerprint density at radius 2 is 2.15 bits per heavy atom. The molecule has 0 radical (unpaired) electrons. The third-order valence-electron chi connectivity index (χ3n) is 3.04. The quantitative estimate of drug-likeness (QED) is 0.430. The van der Waals surface area contributed by atoms with Crippen LogP contribution in [-0.2, 0) is 28.5 Å². The summed E-state index contributed by atoms with van der Waals surface area (Å²) in [6.45, 7) is 0.110. The summed E-state index contributed by atoms with van der Waals surface area (Å²) in [4.78, 5) is 0. The van der Waals surface area contributed by atoms with Gasteiger partial charge in [0.25, 0.3) is 0 Å². The summed E-state index contributed by atoms with van der Waals surface area (Å²) < 4.78 is 78.1. The molecule has 0 saturated carbocycles. The van der Waals surface area contributed by atoms with Gasteiger partial charge in [-0.3, -0.25) is 0 Å². The number of hydrogen-bond donors (Lipinski definition) is 0. The van der Waals surface area contributed by atoms with Crippen LogP contribution < -0.4 is 0 Å². The molecule has 116 valence electrons. The predicted octanol–water partition coefficient (Wildman–Crippen LogP) is 1.14. The van der Waals surface area contributed by atoms with Crippen molar-refractivity contribution in [2.24, 2.45) is 5.92 Å². The van der Waals surface area contributed by atoms with E-state index in [4.69, 9.17) is 14.2 Å². The molecule has 2 aliphatic rings. The smallest absolute Gasteiger partial charge is 0.380 e. The van der Waals surface area contributed by atoms with Crippen LogP contribution in [-0.4, -0.2) is 46.6 Å². The van der Waals surface area contributed by atoms with Crippen LogP contribution in [0.3, 0.4) is 0 Å². The Kier molecular flexibility index (Phi) is 4.28. The van der Waals surface area contributed by atoms with Crippen LogP contribution in [0.4, 0.5) is 13.2 Å². The average molecular weight is 318 g/mol. The van der Waals surface area contributed by atoms with E-state index in [1.54, 1.807) is 0 Å². The molecule has 0 aromatic carbocycles. The van der Waals surface area contributed by atoms with Crippen LogP contribution in [0, 0.1) is 5.92 Å². The molecule has 6 nitrogen and oxygen atoms in total. The van der Waals surface area contributed by atoms with Gasteiger partial charge in [0.2, 0.25) is 0 Å². The van der Waals surface area contributed by atoms with Gasteiger partial charge in [-0.1, -0.05) is 0 Å². The fraction of sp³-hybridized carbons (Fsp3) is 0.800. The molecular formula is C10H13F3O6S. The van der Waals surface area contributed by atoms with Gasteiger partial charge in [0.15, 0.2) is 0 Å². The maximum Gasteiger partial charge on any atom is 0.534 e. The molecule has 0 unspecified atom stereocenters. The molecule has 1 saturated heterocycles. The lowest BCUT2D eigenvalue weighted by Gasteiger charge is -2.44. The zero-order valence-electron chi connectivity index (χ0n) is 10.4. The number of methoxy groups -OCH3 is 1. The minimum absolute atomic E-state index is 0.0160. The van der Waals surface area contributed by atoms with Gasteiger partial charge in [0.1, 0.15) is 12.6 Å². The second-order valence-corrected chi connectivity index (χ2v) is 5.88. The standard InChI is InChI=1S/C10H13F3O6S/c1-16-5-18-8-3-2-7(6-4-17-9(6)8)19-20(14,15)10(11,12)13/h2,6,8-9H,3-5H2,1H3/t6-,8-,9-/m1/s1. The highest BCUT2D eigenvalue weighted by atomic mass is 32.2. The number of halogens is 3. The van der Waals surface area contributed by atoms with Crippen molar-refractivity contribution in [2.45, 2.75) is 24.1 Å². The molecule has 2 rings (SSSR count). The SMILES string of the molecule is COCO[C@@H]1CC=C(OS(=O)(=O)C(F)(F)F)[C@H]2CO[C@H]21. The average Bonchev–Trinajstić information content (AvgIpc) is 2.27. The fourth-order valence-electron chi connectivity index (χ4n) is 2.02. The largest absolute Gasteiger partial charge is 0.534 e. The van der Waals surface area contributed by atoms with E-state index in [0.717, 1.165) is 0 Å². The van der Waals surface area contributed by atoms with Crippen molar-refractivity contribution < 1.29 is 40.0 Å². The van der Waals surface area contributed by atoms with Gasteiger partial charge in [0, 0.05) is 7.11 Å². The van der Waals surface area contributed by atoms with E-state index in [-0.39, 0.29) is 25.6 Å². The molecule has 0 aromatic heterocycles. The highest BCUT2D eigenvalue weighted by molar-refractivity contribution is 7.87. The first-order valence-electron chi connectivity index (χ1n) is 5.69. The molecule has 1 heterocycles. The topological polar surface area (TPSA) is 71.1 Å². The Bertz CT molecular complexity index is 486. The van der Waals surface area contributed by atoms with Crippen LogP contribution in [0.5, 0.6) is 0 Å². The Balaban J connectivity index is 2.06. The molecule has 0 spiro atoms. The number of ether oxygens (including phenoxy) is 3. The molecule has 10 heteroatoms. The minimum atomic E-state index is -5.64. The van der Waals surface area contributed by atoms with Crippen molar-refractivity contribution in [3.63, 3.8) is 0 Å². The number of alkyl halides is 3. The Hall–Kier alpha value is -0.840. The number of rotatable bonds is 5. The number of hydrogen-bond acceptors (Lipinski definition) is 6. The summed E-state index contributed by atoms with van der Waals surface area (Å²) in [6.07, 6.45) is 0.559. The summed E-state index contributed by atoms with van der Waals surface area (Å²) >= 11 is 0. The lowest BCUT2D eigenvalue weighted by Crippen LogP contribution is -2.52.